The van der Waals surface area contributed by atoms with E-state index in [2.05, 4.69) is 4.89 Å². The second-order valence-electron chi connectivity index (χ2n) is 6.45. The highest BCUT2D eigenvalue weighted by Crippen LogP contribution is 2.12. The summed E-state index contributed by atoms with van der Waals surface area (Å²) >= 11 is 0. The van der Waals surface area contributed by atoms with Crippen LogP contribution in [0.4, 0.5) is 0 Å². The number of aliphatic hydroxyl groups is 2. The van der Waals surface area contributed by atoms with E-state index >= 15 is 0 Å². The van der Waals surface area contributed by atoms with E-state index in [1.54, 1.807) is 19.9 Å². The van der Waals surface area contributed by atoms with Gasteiger partial charge in [0.15, 0.2) is 0 Å². The molecular weight excluding hydrogens is 356 g/mol. The fourth-order valence-corrected chi connectivity index (χ4v) is 2.57. The fourth-order valence-electron chi connectivity index (χ4n) is 2.57. The average Bonchev–Trinajstić information content (AvgIpc) is 2.68. The predicted octanol–water partition coefficient (Wildman–Crippen LogP) is 4.15. The summed E-state index contributed by atoms with van der Waals surface area (Å²) < 4.78 is 0. The molecule has 152 valence electrons. The zero-order valence-electron chi connectivity index (χ0n) is 16.7. The number of aliphatic hydroxyl groups excluding tert-OH is 2. The number of hydrogen-bond acceptors (Lipinski definition) is 5. The molecule has 0 fully saturated rings. The van der Waals surface area contributed by atoms with Crippen LogP contribution in [0.25, 0.3) is 6.08 Å². The largest absolute Gasteiger partial charge is 0.393 e. The van der Waals surface area contributed by atoms with Gasteiger partial charge in [0.25, 0.3) is 0 Å². The Bertz CT molecular complexity index is 673. The second-order valence-corrected chi connectivity index (χ2v) is 6.45. The summed E-state index contributed by atoms with van der Waals surface area (Å²) in [6.45, 7) is 5.62. The van der Waals surface area contributed by atoms with Crippen LogP contribution in [0, 0.1) is 5.92 Å². The molecule has 0 aliphatic carbocycles. The summed E-state index contributed by atoms with van der Waals surface area (Å²) in [5.41, 5.74) is 1.88. The fraction of sp³-hybridized carbons (Fsp3) is 0.348. The summed E-state index contributed by atoms with van der Waals surface area (Å²) in [6, 6.07) is 19.0. The van der Waals surface area contributed by atoms with Crippen molar-refractivity contribution in [3.63, 3.8) is 0 Å². The van der Waals surface area contributed by atoms with Crippen LogP contribution >= 0.6 is 0 Å². The maximum absolute atomic E-state index is 11.4. The Hall–Kier alpha value is -2.47. The molecule has 2 rings (SSSR count). The van der Waals surface area contributed by atoms with Gasteiger partial charge in [-0.25, -0.2) is 4.79 Å². The quantitative estimate of drug-likeness (QED) is 0.405. The third-order valence-electron chi connectivity index (χ3n) is 4.13. The molecule has 0 saturated heterocycles. The Kier molecular flexibility index (Phi) is 11.5. The standard InChI is InChI=1S/C16H14O3.C7H16O2/c17-16(12-11-14-7-3-1-4-8-14)19-18-13-15-9-5-2-6-10-15;1-4-7(5(2)8)6(3)9/h1-12H,13H2;5-9H,4H2,1-3H3/t;5-,6+,7?. The molecule has 0 radical (unpaired) electrons. The highest BCUT2D eigenvalue weighted by molar-refractivity contribution is 5.86. The minimum atomic E-state index is -0.528. The Morgan fingerprint density at radius 2 is 1.50 bits per heavy atom. The minimum absolute atomic E-state index is 0.0324. The van der Waals surface area contributed by atoms with Crippen molar-refractivity contribution >= 4 is 12.0 Å². The first-order valence-corrected chi connectivity index (χ1v) is 9.40. The first-order chi connectivity index (χ1) is 13.4. The maximum atomic E-state index is 11.4. The molecule has 0 spiro atoms. The SMILES string of the molecule is CCC([C@H](C)O)[C@@H](C)O.O=C(C=Cc1ccccc1)OOCc1ccccc1. The van der Waals surface area contributed by atoms with Crippen LogP contribution in [0.2, 0.25) is 0 Å². The topological polar surface area (TPSA) is 76.0 Å². The summed E-state index contributed by atoms with van der Waals surface area (Å²) in [5, 5.41) is 18.0. The lowest BCUT2D eigenvalue weighted by molar-refractivity contribution is -0.275. The van der Waals surface area contributed by atoms with Crippen molar-refractivity contribution < 1.29 is 24.8 Å². The molecule has 1 unspecified atom stereocenters. The molecule has 5 nitrogen and oxygen atoms in total. The van der Waals surface area contributed by atoms with Gasteiger partial charge in [-0.15, -0.1) is 0 Å². The van der Waals surface area contributed by atoms with E-state index in [0.29, 0.717) is 0 Å². The van der Waals surface area contributed by atoms with Crippen LogP contribution in [0.15, 0.2) is 66.7 Å². The molecule has 0 amide bonds. The highest BCUT2D eigenvalue weighted by atomic mass is 17.2. The van der Waals surface area contributed by atoms with E-state index in [4.69, 9.17) is 15.1 Å². The Balaban J connectivity index is 0.000000370. The van der Waals surface area contributed by atoms with Crippen LogP contribution in [0.3, 0.4) is 0 Å². The van der Waals surface area contributed by atoms with Gasteiger partial charge in [0.05, 0.1) is 12.2 Å². The van der Waals surface area contributed by atoms with Gasteiger partial charge < -0.3 is 10.2 Å². The number of benzene rings is 2. The number of hydrogen-bond donors (Lipinski definition) is 2. The van der Waals surface area contributed by atoms with Gasteiger partial charge in [0.2, 0.25) is 0 Å². The van der Waals surface area contributed by atoms with Crippen LogP contribution in [0.1, 0.15) is 38.3 Å². The summed E-state index contributed by atoms with van der Waals surface area (Å²) in [6.07, 6.45) is 3.05. The summed E-state index contributed by atoms with van der Waals surface area (Å²) in [7, 11) is 0. The Labute approximate surface area is 167 Å². The van der Waals surface area contributed by atoms with Crippen LogP contribution in [0.5, 0.6) is 0 Å². The van der Waals surface area contributed by atoms with Crippen molar-refractivity contribution in [1.29, 1.82) is 0 Å². The number of carbonyl (C=O) groups is 1. The number of rotatable bonds is 8. The molecule has 2 aromatic carbocycles. The first kappa shape index (κ1) is 23.6. The maximum Gasteiger partial charge on any atom is 0.365 e. The van der Waals surface area contributed by atoms with Gasteiger partial charge in [-0.2, -0.15) is 4.89 Å². The lowest BCUT2D eigenvalue weighted by Crippen LogP contribution is -2.26. The van der Waals surface area contributed by atoms with Crippen molar-refractivity contribution in [3.8, 4) is 0 Å². The Morgan fingerprint density at radius 1 is 0.964 bits per heavy atom. The van der Waals surface area contributed by atoms with E-state index < -0.39 is 18.2 Å². The van der Waals surface area contributed by atoms with Crippen molar-refractivity contribution in [2.24, 2.45) is 5.92 Å². The molecule has 0 saturated carbocycles. The average molecular weight is 386 g/mol. The molecule has 28 heavy (non-hydrogen) atoms. The van der Waals surface area contributed by atoms with E-state index in [0.717, 1.165) is 17.5 Å². The van der Waals surface area contributed by atoms with E-state index in [1.165, 1.54) is 6.08 Å². The minimum Gasteiger partial charge on any atom is -0.393 e. The summed E-state index contributed by atoms with van der Waals surface area (Å²) in [5.74, 6) is -0.496. The van der Waals surface area contributed by atoms with Crippen LogP contribution in [-0.2, 0) is 21.2 Å². The number of carbonyl (C=O) groups excluding carboxylic acids is 1. The predicted molar refractivity (Wildman–Crippen MR) is 110 cm³/mol. The molecule has 0 heterocycles. The molecular formula is C23H30O5. The monoisotopic (exact) mass is 386 g/mol. The van der Waals surface area contributed by atoms with Crippen molar-refractivity contribution in [2.75, 3.05) is 0 Å². The molecule has 0 aliphatic rings. The molecule has 0 bridgehead atoms. The molecule has 2 N–H and O–H groups in total. The van der Waals surface area contributed by atoms with Crippen molar-refractivity contribution in [3.05, 3.63) is 77.9 Å². The zero-order valence-corrected chi connectivity index (χ0v) is 16.7. The normalized spacial score (nSPS) is 13.9. The van der Waals surface area contributed by atoms with Gasteiger partial charge in [-0.05, 0) is 37.5 Å². The van der Waals surface area contributed by atoms with E-state index in [-0.39, 0.29) is 12.5 Å². The lowest BCUT2D eigenvalue weighted by Gasteiger charge is -2.20. The van der Waals surface area contributed by atoms with E-state index in [1.807, 2.05) is 67.6 Å². The second kappa shape index (κ2) is 13.7. The third-order valence-corrected chi connectivity index (χ3v) is 4.13. The van der Waals surface area contributed by atoms with Gasteiger partial charge in [-0.1, -0.05) is 67.6 Å². The van der Waals surface area contributed by atoms with Gasteiger partial charge in [0.1, 0.15) is 6.61 Å². The summed E-state index contributed by atoms with van der Waals surface area (Å²) in [4.78, 5) is 20.9. The smallest absolute Gasteiger partial charge is 0.365 e. The molecule has 3 atom stereocenters. The molecule has 5 heteroatoms. The Morgan fingerprint density at radius 3 is 1.96 bits per heavy atom. The van der Waals surface area contributed by atoms with Gasteiger partial charge in [0, 0.05) is 12.0 Å². The van der Waals surface area contributed by atoms with Gasteiger partial charge >= 0.3 is 5.97 Å². The third kappa shape index (κ3) is 10.0. The van der Waals surface area contributed by atoms with Crippen LogP contribution < -0.4 is 0 Å². The van der Waals surface area contributed by atoms with Crippen molar-refractivity contribution in [1.82, 2.24) is 0 Å². The lowest BCUT2D eigenvalue weighted by atomic mass is 9.95. The molecule has 2 aromatic rings. The van der Waals surface area contributed by atoms with Crippen molar-refractivity contribution in [2.45, 2.75) is 46.0 Å². The zero-order chi connectivity index (χ0) is 20.8. The highest BCUT2D eigenvalue weighted by Gasteiger charge is 2.17. The first-order valence-electron chi connectivity index (χ1n) is 9.40. The van der Waals surface area contributed by atoms with Gasteiger partial charge in [-0.3, -0.25) is 4.89 Å². The van der Waals surface area contributed by atoms with E-state index in [9.17, 15) is 4.79 Å². The van der Waals surface area contributed by atoms with Crippen LogP contribution in [-0.4, -0.2) is 28.4 Å². The molecule has 0 aliphatic heterocycles. The molecule has 0 aromatic heterocycles.